The fourth-order valence-electron chi connectivity index (χ4n) is 3.38. The number of aromatic nitrogens is 3. The van der Waals surface area contributed by atoms with Crippen LogP contribution in [0.2, 0.25) is 0 Å². The molecule has 1 saturated heterocycles. The molecular formula is C19H27N5O4S. The highest BCUT2D eigenvalue weighted by molar-refractivity contribution is 7.92. The number of rotatable bonds is 7. The summed E-state index contributed by atoms with van der Waals surface area (Å²) in [4.78, 5) is 18.5. The topological polar surface area (TPSA) is 106 Å². The van der Waals surface area contributed by atoms with E-state index in [1.54, 1.807) is 12.1 Å². The molecular weight excluding hydrogens is 394 g/mol. The van der Waals surface area contributed by atoms with Gasteiger partial charge < -0.3 is 9.64 Å². The van der Waals surface area contributed by atoms with E-state index < -0.39 is 10.0 Å². The molecule has 0 bridgehead atoms. The van der Waals surface area contributed by atoms with Crippen LogP contribution < -0.4 is 9.46 Å². The summed E-state index contributed by atoms with van der Waals surface area (Å²) >= 11 is 0. The lowest BCUT2D eigenvalue weighted by atomic mass is 10.1. The molecule has 2 aromatic heterocycles. The Morgan fingerprint density at radius 3 is 2.55 bits per heavy atom. The van der Waals surface area contributed by atoms with Crippen molar-refractivity contribution in [3.8, 4) is 5.88 Å². The van der Waals surface area contributed by atoms with E-state index in [1.807, 2.05) is 29.5 Å². The Hall–Kier alpha value is -2.62. The third kappa shape index (κ3) is 6.18. The van der Waals surface area contributed by atoms with E-state index in [9.17, 15) is 13.2 Å². The standard InChI is InChI=1S/C19H27N5O4S/c1-14-12-15(2)24(21-14)11-8-19(25)23-9-6-17(7-10-23)28-18-5-4-16(13-20-18)22-29(3,26)27/h4-5,12-13,17,22H,6-11H2,1-3H3. The first-order valence-electron chi connectivity index (χ1n) is 9.59. The minimum Gasteiger partial charge on any atom is -0.474 e. The summed E-state index contributed by atoms with van der Waals surface area (Å²) in [6.45, 7) is 5.82. The molecule has 3 heterocycles. The summed E-state index contributed by atoms with van der Waals surface area (Å²) in [5.74, 6) is 0.573. The van der Waals surface area contributed by atoms with Gasteiger partial charge in [-0.15, -0.1) is 0 Å². The third-order valence-corrected chi connectivity index (χ3v) is 5.37. The Morgan fingerprint density at radius 2 is 2.00 bits per heavy atom. The Labute approximate surface area is 171 Å². The van der Waals surface area contributed by atoms with Gasteiger partial charge in [-0.25, -0.2) is 13.4 Å². The number of anilines is 1. The molecule has 9 nitrogen and oxygen atoms in total. The van der Waals surface area contributed by atoms with E-state index in [2.05, 4.69) is 14.8 Å². The lowest BCUT2D eigenvalue weighted by Gasteiger charge is -2.32. The number of nitrogens with one attached hydrogen (secondary N) is 1. The van der Waals surface area contributed by atoms with Crippen LogP contribution in [0.5, 0.6) is 5.88 Å². The van der Waals surface area contributed by atoms with Gasteiger partial charge in [0.15, 0.2) is 0 Å². The molecule has 0 radical (unpaired) electrons. The molecule has 0 spiro atoms. The summed E-state index contributed by atoms with van der Waals surface area (Å²) in [5.41, 5.74) is 2.41. The predicted molar refractivity (Wildman–Crippen MR) is 109 cm³/mol. The second-order valence-electron chi connectivity index (χ2n) is 7.36. The van der Waals surface area contributed by atoms with Crippen molar-refractivity contribution in [3.05, 3.63) is 35.8 Å². The average molecular weight is 422 g/mol. The molecule has 1 fully saturated rings. The molecule has 0 aromatic carbocycles. The maximum Gasteiger partial charge on any atom is 0.229 e. The summed E-state index contributed by atoms with van der Waals surface area (Å²) in [6.07, 6.45) is 4.39. The van der Waals surface area contributed by atoms with Crippen molar-refractivity contribution in [1.29, 1.82) is 0 Å². The minimum absolute atomic E-state index is 0.0173. The molecule has 29 heavy (non-hydrogen) atoms. The number of hydrogen-bond donors (Lipinski definition) is 1. The third-order valence-electron chi connectivity index (χ3n) is 4.76. The molecule has 0 atom stereocenters. The monoisotopic (exact) mass is 421 g/mol. The maximum atomic E-state index is 12.5. The van der Waals surface area contributed by atoms with E-state index in [0.717, 1.165) is 30.5 Å². The number of ether oxygens (including phenoxy) is 1. The zero-order valence-corrected chi connectivity index (χ0v) is 17.8. The fraction of sp³-hybridized carbons (Fsp3) is 0.526. The van der Waals surface area contributed by atoms with Crippen LogP contribution in [0.15, 0.2) is 24.4 Å². The Balaban J connectivity index is 1.44. The van der Waals surface area contributed by atoms with E-state index in [4.69, 9.17) is 4.74 Å². The molecule has 158 valence electrons. The van der Waals surface area contributed by atoms with Crippen LogP contribution in [0.4, 0.5) is 5.69 Å². The van der Waals surface area contributed by atoms with Crippen molar-refractivity contribution in [2.24, 2.45) is 0 Å². The molecule has 1 aliphatic heterocycles. The highest BCUT2D eigenvalue weighted by Crippen LogP contribution is 2.19. The van der Waals surface area contributed by atoms with Gasteiger partial charge in [-0.2, -0.15) is 5.10 Å². The predicted octanol–water partition coefficient (Wildman–Crippen LogP) is 1.73. The largest absolute Gasteiger partial charge is 0.474 e. The van der Waals surface area contributed by atoms with Crippen LogP contribution in [0.25, 0.3) is 0 Å². The number of sulfonamides is 1. The van der Waals surface area contributed by atoms with Crippen molar-refractivity contribution in [3.63, 3.8) is 0 Å². The smallest absolute Gasteiger partial charge is 0.229 e. The Kier molecular flexibility index (Phi) is 6.41. The van der Waals surface area contributed by atoms with E-state index in [1.165, 1.54) is 6.20 Å². The summed E-state index contributed by atoms with van der Waals surface area (Å²) < 4.78 is 32.6. The number of amides is 1. The lowest BCUT2D eigenvalue weighted by molar-refractivity contribution is -0.133. The first kappa shape index (κ1) is 21.1. The lowest BCUT2D eigenvalue weighted by Crippen LogP contribution is -2.42. The highest BCUT2D eigenvalue weighted by Gasteiger charge is 2.24. The van der Waals surface area contributed by atoms with E-state index >= 15 is 0 Å². The van der Waals surface area contributed by atoms with Crippen LogP contribution in [-0.4, -0.2) is 59.4 Å². The van der Waals surface area contributed by atoms with E-state index in [0.29, 0.717) is 37.6 Å². The van der Waals surface area contributed by atoms with Crippen molar-refractivity contribution in [1.82, 2.24) is 19.7 Å². The highest BCUT2D eigenvalue weighted by atomic mass is 32.2. The van der Waals surface area contributed by atoms with Crippen LogP contribution in [0.1, 0.15) is 30.7 Å². The first-order valence-corrected chi connectivity index (χ1v) is 11.5. The number of pyridine rings is 1. The molecule has 2 aromatic rings. The molecule has 1 aliphatic rings. The quantitative estimate of drug-likeness (QED) is 0.730. The molecule has 0 saturated carbocycles. The zero-order chi connectivity index (χ0) is 21.0. The van der Waals surface area contributed by atoms with Crippen molar-refractivity contribution in [2.45, 2.75) is 45.8 Å². The van der Waals surface area contributed by atoms with Gasteiger partial charge in [0.2, 0.25) is 21.8 Å². The van der Waals surface area contributed by atoms with Crippen molar-refractivity contribution < 1.29 is 17.9 Å². The van der Waals surface area contributed by atoms with Crippen LogP contribution >= 0.6 is 0 Å². The van der Waals surface area contributed by atoms with Gasteiger partial charge >= 0.3 is 0 Å². The normalized spacial score (nSPS) is 15.3. The van der Waals surface area contributed by atoms with Crippen LogP contribution in [-0.2, 0) is 21.4 Å². The number of carbonyl (C=O) groups is 1. The second-order valence-corrected chi connectivity index (χ2v) is 9.11. The van der Waals surface area contributed by atoms with Gasteiger partial charge in [0.1, 0.15) is 6.10 Å². The van der Waals surface area contributed by atoms with Crippen molar-refractivity contribution >= 4 is 21.6 Å². The molecule has 0 unspecified atom stereocenters. The second kappa shape index (κ2) is 8.81. The van der Waals surface area contributed by atoms with Gasteiger partial charge in [0.05, 0.1) is 23.8 Å². The Bertz CT molecular complexity index is 947. The fourth-order valence-corrected chi connectivity index (χ4v) is 3.93. The molecule has 1 N–H and O–H groups in total. The van der Waals surface area contributed by atoms with Gasteiger partial charge in [-0.1, -0.05) is 0 Å². The number of carbonyl (C=O) groups excluding carboxylic acids is 1. The van der Waals surface area contributed by atoms with Crippen molar-refractivity contribution in [2.75, 3.05) is 24.1 Å². The van der Waals surface area contributed by atoms with E-state index in [-0.39, 0.29) is 12.0 Å². The first-order chi connectivity index (χ1) is 13.7. The number of aryl methyl sites for hydroxylation is 3. The SMILES string of the molecule is Cc1cc(C)n(CCC(=O)N2CCC(Oc3ccc(NS(C)(=O)=O)cn3)CC2)n1. The molecule has 0 aliphatic carbocycles. The molecule has 10 heteroatoms. The summed E-state index contributed by atoms with van der Waals surface area (Å²) in [5, 5.41) is 4.39. The maximum absolute atomic E-state index is 12.5. The van der Waals surface area contributed by atoms with Gasteiger partial charge in [-0.05, 0) is 26.0 Å². The molecule has 1 amide bonds. The number of hydrogen-bond acceptors (Lipinski definition) is 6. The van der Waals surface area contributed by atoms with Gasteiger partial charge in [-0.3, -0.25) is 14.2 Å². The average Bonchev–Trinajstić information content (AvgIpc) is 2.98. The van der Waals surface area contributed by atoms with Crippen LogP contribution in [0.3, 0.4) is 0 Å². The van der Waals surface area contributed by atoms with Crippen LogP contribution in [0, 0.1) is 13.8 Å². The zero-order valence-electron chi connectivity index (χ0n) is 17.0. The number of likely N-dealkylation sites (tertiary alicyclic amines) is 1. The summed E-state index contributed by atoms with van der Waals surface area (Å²) in [7, 11) is -3.33. The van der Waals surface area contributed by atoms with Gasteiger partial charge in [0, 0.05) is 50.7 Å². The minimum atomic E-state index is -3.33. The van der Waals surface area contributed by atoms with Gasteiger partial charge in [0.25, 0.3) is 0 Å². The Morgan fingerprint density at radius 1 is 1.28 bits per heavy atom. The number of nitrogens with zero attached hydrogens (tertiary/aromatic N) is 4. The number of piperidine rings is 1. The molecule has 3 rings (SSSR count). The summed E-state index contributed by atoms with van der Waals surface area (Å²) in [6, 6.07) is 5.26.